The zero-order valence-electron chi connectivity index (χ0n) is 10.9. The molecule has 0 aliphatic rings. The van der Waals surface area contributed by atoms with E-state index in [0.717, 1.165) is 0 Å². The minimum atomic E-state index is -0.933. The van der Waals surface area contributed by atoms with Crippen LogP contribution in [-0.2, 0) is 14.3 Å². The van der Waals surface area contributed by atoms with Crippen molar-refractivity contribution in [1.29, 1.82) is 0 Å². The quantitative estimate of drug-likeness (QED) is 0.678. The van der Waals surface area contributed by atoms with E-state index < -0.39 is 18.2 Å². The largest absolute Gasteiger partial charge is 0.463 e. The van der Waals surface area contributed by atoms with Gasteiger partial charge in [-0.3, -0.25) is 4.79 Å². The number of ether oxygens (including phenoxy) is 2. The number of hydrogen-bond acceptors (Lipinski definition) is 5. The molecule has 0 radical (unpaired) electrons. The molecule has 1 unspecified atom stereocenters. The fourth-order valence-electron chi connectivity index (χ4n) is 1.50. The molecule has 0 bridgehead atoms. The van der Waals surface area contributed by atoms with Gasteiger partial charge in [0.1, 0.15) is 5.69 Å². The van der Waals surface area contributed by atoms with E-state index in [2.05, 4.69) is 4.98 Å². The highest BCUT2D eigenvalue weighted by molar-refractivity contribution is 5.93. The molecular weight excluding hydrogens is 250 g/mol. The standard InChI is InChI=1S/C13H15NO5/c1-7(2)12(15)18-8(3)19-13(16)10-6-11-9(14-10)4-5-17-11/h4-8,14H,1-3H3. The van der Waals surface area contributed by atoms with Gasteiger partial charge in [0.25, 0.3) is 0 Å². The second kappa shape index (κ2) is 5.17. The molecule has 0 aromatic carbocycles. The maximum atomic E-state index is 11.8. The summed E-state index contributed by atoms with van der Waals surface area (Å²) in [5, 5.41) is 0. The molecule has 0 aliphatic heterocycles. The summed E-state index contributed by atoms with van der Waals surface area (Å²) in [6, 6.07) is 3.24. The van der Waals surface area contributed by atoms with Gasteiger partial charge in [0, 0.05) is 19.1 Å². The molecule has 2 rings (SSSR count). The Morgan fingerprint density at radius 3 is 2.63 bits per heavy atom. The smallest absolute Gasteiger partial charge is 0.357 e. The molecule has 2 aromatic heterocycles. The summed E-state index contributed by atoms with van der Waals surface area (Å²) in [6.07, 6.45) is 0.584. The van der Waals surface area contributed by atoms with Crippen molar-refractivity contribution >= 4 is 23.0 Å². The Morgan fingerprint density at radius 2 is 2.00 bits per heavy atom. The van der Waals surface area contributed by atoms with Gasteiger partial charge in [-0.05, 0) is 0 Å². The summed E-state index contributed by atoms with van der Waals surface area (Å²) >= 11 is 0. The summed E-state index contributed by atoms with van der Waals surface area (Å²) in [6.45, 7) is 4.90. The summed E-state index contributed by atoms with van der Waals surface area (Å²) in [5.74, 6) is -1.29. The fraction of sp³-hybridized carbons (Fsp3) is 0.385. The lowest BCUT2D eigenvalue weighted by Crippen LogP contribution is -2.24. The van der Waals surface area contributed by atoms with E-state index in [1.807, 2.05) is 0 Å². The van der Waals surface area contributed by atoms with Crippen molar-refractivity contribution in [1.82, 2.24) is 4.98 Å². The van der Waals surface area contributed by atoms with Crippen LogP contribution in [0.25, 0.3) is 11.1 Å². The van der Waals surface area contributed by atoms with Gasteiger partial charge in [0.15, 0.2) is 5.58 Å². The third kappa shape index (κ3) is 2.96. The minimum Gasteiger partial charge on any atom is -0.463 e. The Balaban J connectivity index is 1.97. The number of aromatic amines is 1. The van der Waals surface area contributed by atoms with Crippen molar-refractivity contribution in [2.24, 2.45) is 5.92 Å². The van der Waals surface area contributed by atoms with E-state index in [1.54, 1.807) is 19.9 Å². The summed E-state index contributed by atoms with van der Waals surface area (Å²) in [5.41, 5.74) is 1.53. The van der Waals surface area contributed by atoms with E-state index >= 15 is 0 Å². The Morgan fingerprint density at radius 1 is 1.26 bits per heavy atom. The lowest BCUT2D eigenvalue weighted by atomic mass is 10.2. The molecule has 2 heterocycles. The number of rotatable bonds is 4. The normalized spacial score (nSPS) is 12.6. The summed E-state index contributed by atoms with van der Waals surface area (Å²) in [7, 11) is 0. The molecule has 0 aliphatic carbocycles. The molecule has 2 aromatic rings. The zero-order chi connectivity index (χ0) is 14.0. The maximum Gasteiger partial charge on any atom is 0.357 e. The van der Waals surface area contributed by atoms with Gasteiger partial charge in [-0.15, -0.1) is 0 Å². The highest BCUT2D eigenvalue weighted by Crippen LogP contribution is 2.17. The first-order valence-corrected chi connectivity index (χ1v) is 5.95. The van der Waals surface area contributed by atoms with E-state index in [9.17, 15) is 9.59 Å². The van der Waals surface area contributed by atoms with Crippen LogP contribution in [0.1, 0.15) is 31.3 Å². The van der Waals surface area contributed by atoms with Crippen LogP contribution in [0.5, 0.6) is 0 Å². The molecule has 1 N–H and O–H groups in total. The SMILES string of the molecule is CC(OC(=O)c1cc2occc2[nH]1)OC(=O)C(C)C. The van der Waals surface area contributed by atoms with Gasteiger partial charge >= 0.3 is 11.9 Å². The van der Waals surface area contributed by atoms with Crippen LogP contribution in [0.3, 0.4) is 0 Å². The Hall–Kier alpha value is -2.24. The van der Waals surface area contributed by atoms with Crippen LogP contribution in [0, 0.1) is 5.92 Å². The lowest BCUT2D eigenvalue weighted by Gasteiger charge is -2.14. The minimum absolute atomic E-state index is 0.252. The lowest BCUT2D eigenvalue weighted by molar-refractivity contribution is -0.169. The van der Waals surface area contributed by atoms with Gasteiger partial charge in [0.2, 0.25) is 6.29 Å². The van der Waals surface area contributed by atoms with Crippen molar-refractivity contribution in [2.75, 3.05) is 0 Å². The molecule has 6 heteroatoms. The number of H-pyrrole nitrogens is 1. The summed E-state index contributed by atoms with van der Waals surface area (Å²) < 4.78 is 15.1. The second-order valence-corrected chi connectivity index (χ2v) is 4.45. The highest BCUT2D eigenvalue weighted by Gasteiger charge is 2.19. The van der Waals surface area contributed by atoms with Crippen molar-refractivity contribution in [3.05, 3.63) is 24.1 Å². The zero-order valence-corrected chi connectivity index (χ0v) is 10.9. The monoisotopic (exact) mass is 265 g/mol. The van der Waals surface area contributed by atoms with Gasteiger partial charge in [-0.25, -0.2) is 4.79 Å². The van der Waals surface area contributed by atoms with Crippen LogP contribution < -0.4 is 0 Å². The third-order valence-corrected chi connectivity index (χ3v) is 2.49. The van der Waals surface area contributed by atoms with Crippen LogP contribution in [-0.4, -0.2) is 23.2 Å². The molecule has 102 valence electrons. The summed E-state index contributed by atoms with van der Waals surface area (Å²) in [4.78, 5) is 26.0. The molecule has 0 saturated carbocycles. The molecule has 0 spiro atoms. The van der Waals surface area contributed by atoms with Gasteiger partial charge < -0.3 is 18.9 Å². The predicted octanol–water partition coefficient (Wildman–Crippen LogP) is 2.46. The van der Waals surface area contributed by atoms with Gasteiger partial charge in [0.05, 0.1) is 17.7 Å². The molecule has 0 amide bonds. The highest BCUT2D eigenvalue weighted by atomic mass is 16.7. The van der Waals surface area contributed by atoms with Crippen LogP contribution in [0.4, 0.5) is 0 Å². The van der Waals surface area contributed by atoms with Crippen molar-refractivity contribution in [3.63, 3.8) is 0 Å². The van der Waals surface area contributed by atoms with Gasteiger partial charge in [-0.2, -0.15) is 0 Å². The molecule has 0 fully saturated rings. The second-order valence-electron chi connectivity index (χ2n) is 4.45. The molecule has 0 saturated heterocycles. The van der Waals surface area contributed by atoms with E-state index in [4.69, 9.17) is 13.9 Å². The van der Waals surface area contributed by atoms with Gasteiger partial charge in [-0.1, -0.05) is 13.8 Å². The topological polar surface area (TPSA) is 81.5 Å². The van der Waals surface area contributed by atoms with Crippen molar-refractivity contribution in [2.45, 2.75) is 27.1 Å². The molecule has 19 heavy (non-hydrogen) atoms. The first kappa shape index (κ1) is 13.2. The van der Waals surface area contributed by atoms with Crippen LogP contribution in [0.2, 0.25) is 0 Å². The van der Waals surface area contributed by atoms with E-state index in [1.165, 1.54) is 19.3 Å². The average Bonchev–Trinajstić information content (AvgIpc) is 2.87. The number of aromatic nitrogens is 1. The molecule has 1 atom stereocenters. The number of furan rings is 1. The van der Waals surface area contributed by atoms with Crippen LogP contribution in [0.15, 0.2) is 22.8 Å². The van der Waals surface area contributed by atoms with E-state index in [0.29, 0.717) is 11.1 Å². The number of hydrogen-bond donors (Lipinski definition) is 1. The molecular formula is C13H15NO5. The first-order chi connectivity index (χ1) is 8.97. The number of carbonyl (C=O) groups excluding carboxylic acids is 2. The number of carbonyl (C=O) groups is 2. The predicted molar refractivity (Wildman–Crippen MR) is 66.4 cm³/mol. The number of esters is 2. The first-order valence-electron chi connectivity index (χ1n) is 5.95. The number of fused-ring (bicyclic) bond motifs is 1. The number of nitrogens with one attached hydrogen (secondary N) is 1. The van der Waals surface area contributed by atoms with Crippen LogP contribution >= 0.6 is 0 Å². The third-order valence-electron chi connectivity index (χ3n) is 2.49. The average molecular weight is 265 g/mol. The fourth-order valence-corrected chi connectivity index (χ4v) is 1.50. The van der Waals surface area contributed by atoms with Crippen molar-refractivity contribution in [3.8, 4) is 0 Å². The molecule has 6 nitrogen and oxygen atoms in total. The Kier molecular flexibility index (Phi) is 3.59. The van der Waals surface area contributed by atoms with E-state index in [-0.39, 0.29) is 11.6 Å². The van der Waals surface area contributed by atoms with Crippen molar-refractivity contribution < 1.29 is 23.5 Å². The maximum absolute atomic E-state index is 11.8. The Labute approximate surface area is 109 Å². The Bertz CT molecular complexity index is 566.